The van der Waals surface area contributed by atoms with Crippen molar-refractivity contribution in [2.75, 3.05) is 6.54 Å². The topological polar surface area (TPSA) is 12.4 Å². The van der Waals surface area contributed by atoms with Crippen molar-refractivity contribution in [3.05, 3.63) is 61.3 Å². The quantitative estimate of drug-likeness (QED) is 0.342. The van der Waals surface area contributed by atoms with Gasteiger partial charge in [0.2, 0.25) is 0 Å². The molecule has 0 aliphatic heterocycles. The number of nitrogens with zero attached hydrogens (tertiary/aromatic N) is 1. The summed E-state index contributed by atoms with van der Waals surface area (Å²) in [6, 6.07) is 0. The summed E-state index contributed by atoms with van der Waals surface area (Å²) < 4.78 is 0. The van der Waals surface area contributed by atoms with Gasteiger partial charge in [-0.1, -0.05) is 43.0 Å². The highest BCUT2D eigenvalue weighted by atomic mass is 14.7. The summed E-state index contributed by atoms with van der Waals surface area (Å²) in [6.45, 7) is 12.1. The number of aliphatic imine (C=N–C) groups is 1. The molecule has 0 saturated carbocycles. The third kappa shape index (κ3) is 6.77. The normalized spacial score (nSPS) is 13.6. The van der Waals surface area contributed by atoms with Crippen LogP contribution in [0.1, 0.15) is 20.3 Å². The molecule has 0 saturated heterocycles. The lowest BCUT2D eigenvalue weighted by Crippen LogP contribution is -1.96. The Balaban J connectivity index is 4.38. The maximum absolute atomic E-state index is 4.35. The highest BCUT2D eigenvalue weighted by Gasteiger charge is 1.94. The molecule has 0 fully saturated rings. The molecule has 0 N–H and O–H groups in total. The Morgan fingerprint density at radius 2 is 2.00 bits per heavy atom. The molecule has 0 aromatic carbocycles. The summed E-state index contributed by atoms with van der Waals surface area (Å²) >= 11 is 0. The minimum atomic E-state index is 0.640. The van der Waals surface area contributed by atoms with Gasteiger partial charge in [-0.05, 0) is 31.9 Å². The predicted molar refractivity (Wildman–Crippen MR) is 75.0 cm³/mol. The van der Waals surface area contributed by atoms with E-state index in [-0.39, 0.29) is 0 Å². The van der Waals surface area contributed by atoms with Crippen LogP contribution < -0.4 is 0 Å². The Kier molecular flexibility index (Phi) is 8.90. The molecule has 0 spiro atoms. The largest absolute Gasteiger partial charge is 0.281 e. The molecular weight excluding hydrogens is 194 g/mol. The van der Waals surface area contributed by atoms with Crippen molar-refractivity contribution in [1.29, 1.82) is 0 Å². The van der Waals surface area contributed by atoms with Gasteiger partial charge in [-0.3, -0.25) is 4.99 Å². The van der Waals surface area contributed by atoms with Crippen LogP contribution in [0.5, 0.6) is 0 Å². The highest BCUT2D eigenvalue weighted by molar-refractivity contribution is 6.07. The molecular formula is C15H21N. The molecule has 0 aliphatic carbocycles. The monoisotopic (exact) mass is 215 g/mol. The lowest BCUT2D eigenvalue weighted by Gasteiger charge is -1.99. The number of allylic oxidation sites excluding steroid dienone is 7. The summed E-state index contributed by atoms with van der Waals surface area (Å²) in [4.78, 5) is 4.35. The van der Waals surface area contributed by atoms with E-state index in [0.717, 1.165) is 17.7 Å². The SMILES string of the molecule is C=CCN=C(C=C)C(C)=CC/C=C/C=CC. The van der Waals surface area contributed by atoms with Crippen LogP contribution in [0.2, 0.25) is 0 Å². The third-order valence-electron chi connectivity index (χ3n) is 1.99. The van der Waals surface area contributed by atoms with Crippen molar-refractivity contribution < 1.29 is 0 Å². The van der Waals surface area contributed by atoms with E-state index in [2.05, 4.69) is 30.3 Å². The summed E-state index contributed by atoms with van der Waals surface area (Å²) in [5.41, 5.74) is 2.10. The summed E-state index contributed by atoms with van der Waals surface area (Å²) in [5, 5.41) is 0. The molecule has 16 heavy (non-hydrogen) atoms. The molecule has 0 rings (SSSR count). The van der Waals surface area contributed by atoms with Crippen LogP contribution in [0.3, 0.4) is 0 Å². The van der Waals surface area contributed by atoms with Gasteiger partial charge in [0, 0.05) is 0 Å². The summed E-state index contributed by atoms with van der Waals surface area (Å²) in [7, 11) is 0. The minimum Gasteiger partial charge on any atom is -0.281 e. The van der Waals surface area contributed by atoms with Crippen LogP contribution >= 0.6 is 0 Å². The Hall–Kier alpha value is -1.63. The second-order valence-corrected chi connectivity index (χ2v) is 3.30. The maximum atomic E-state index is 4.35. The van der Waals surface area contributed by atoms with Crippen molar-refractivity contribution in [1.82, 2.24) is 0 Å². The molecule has 1 nitrogen and oxygen atoms in total. The second-order valence-electron chi connectivity index (χ2n) is 3.30. The average Bonchev–Trinajstić information content (AvgIpc) is 2.30. The molecule has 0 aromatic rings. The van der Waals surface area contributed by atoms with Gasteiger partial charge in [0.1, 0.15) is 0 Å². The van der Waals surface area contributed by atoms with Crippen molar-refractivity contribution in [3.63, 3.8) is 0 Å². The predicted octanol–water partition coefficient (Wildman–Crippen LogP) is 4.27. The van der Waals surface area contributed by atoms with Crippen molar-refractivity contribution in [2.24, 2.45) is 4.99 Å². The van der Waals surface area contributed by atoms with E-state index in [1.807, 2.05) is 32.1 Å². The van der Waals surface area contributed by atoms with E-state index in [1.165, 1.54) is 0 Å². The molecule has 0 amide bonds. The smallest absolute Gasteiger partial charge is 0.0598 e. The number of hydrogen-bond donors (Lipinski definition) is 0. The fraction of sp³-hybridized carbons (Fsp3) is 0.267. The zero-order valence-corrected chi connectivity index (χ0v) is 10.3. The van der Waals surface area contributed by atoms with Crippen molar-refractivity contribution >= 4 is 5.71 Å². The van der Waals surface area contributed by atoms with E-state index in [0.29, 0.717) is 6.54 Å². The molecule has 1 heteroatoms. The first-order chi connectivity index (χ1) is 7.76. The van der Waals surface area contributed by atoms with Crippen LogP contribution in [0.4, 0.5) is 0 Å². The summed E-state index contributed by atoms with van der Waals surface area (Å²) in [5.74, 6) is 0. The molecule has 0 bridgehead atoms. The zero-order valence-electron chi connectivity index (χ0n) is 10.3. The van der Waals surface area contributed by atoms with Gasteiger partial charge in [-0.25, -0.2) is 0 Å². The fourth-order valence-electron chi connectivity index (χ4n) is 1.13. The van der Waals surface area contributed by atoms with Crippen molar-refractivity contribution in [2.45, 2.75) is 20.3 Å². The van der Waals surface area contributed by atoms with Crippen LogP contribution in [0.15, 0.2) is 66.3 Å². The lowest BCUT2D eigenvalue weighted by atomic mass is 10.1. The van der Waals surface area contributed by atoms with E-state index in [9.17, 15) is 0 Å². The fourth-order valence-corrected chi connectivity index (χ4v) is 1.13. The molecule has 86 valence electrons. The van der Waals surface area contributed by atoms with E-state index < -0.39 is 0 Å². The average molecular weight is 215 g/mol. The van der Waals surface area contributed by atoms with Gasteiger partial charge in [0.05, 0.1) is 12.3 Å². The van der Waals surface area contributed by atoms with Crippen LogP contribution in [-0.4, -0.2) is 12.3 Å². The van der Waals surface area contributed by atoms with Gasteiger partial charge >= 0.3 is 0 Å². The first-order valence-corrected chi connectivity index (χ1v) is 5.49. The molecule has 0 aliphatic rings. The van der Waals surface area contributed by atoms with Crippen LogP contribution in [0, 0.1) is 0 Å². The number of rotatable bonds is 7. The Morgan fingerprint density at radius 1 is 1.25 bits per heavy atom. The first-order valence-electron chi connectivity index (χ1n) is 5.49. The van der Waals surface area contributed by atoms with Gasteiger partial charge in [-0.2, -0.15) is 0 Å². The summed E-state index contributed by atoms with van der Waals surface area (Å²) in [6.07, 6.45) is 14.8. The van der Waals surface area contributed by atoms with E-state index in [1.54, 1.807) is 12.2 Å². The Bertz CT molecular complexity index is 327. The molecule has 0 atom stereocenters. The van der Waals surface area contributed by atoms with Crippen molar-refractivity contribution in [3.8, 4) is 0 Å². The van der Waals surface area contributed by atoms with Crippen LogP contribution in [0.25, 0.3) is 0 Å². The number of hydrogen-bond acceptors (Lipinski definition) is 1. The molecule has 0 radical (unpaired) electrons. The van der Waals surface area contributed by atoms with E-state index >= 15 is 0 Å². The molecule has 0 aromatic heterocycles. The molecule has 0 unspecified atom stereocenters. The Labute approximate surface area is 99.3 Å². The minimum absolute atomic E-state index is 0.640. The Morgan fingerprint density at radius 3 is 2.56 bits per heavy atom. The van der Waals surface area contributed by atoms with Gasteiger partial charge in [0.15, 0.2) is 0 Å². The van der Waals surface area contributed by atoms with Gasteiger partial charge < -0.3 is 0 Å². The molecule has 0 heterocycles. The van der Waals surface area contributed by atoms with E-state index in [4.69, 9.17) is 0 Å². The standard InChI is InChI=1S/C15H21N/c1-5-8-9-10-11-12-14(4)15(7-3)16-13-6-2/h5-10,12H,2-3,11,13H2,1,4H3/b8-5?,10-9+,14-12?,16-15?. The lowest BCUT2D eigenvalue weighted by molar-refractivity contribution is 1.24. The highest BCUT2D eigenvalue weighted by Crippen LogP contribution is 2.02. The van der Waals surface area contributed by atoms with Gasteiger partial charge in [-0.15, -0.1) is 6.58 Å². The third-order valence-corrected chi connectivity index (χ3v) is 1.99. The van der Waals surface area contributed by atoms with Gasteiger partial charge in [0.25, 0.3) is 0 Å². The second kappa shape index (κ2) is 9.91. The zero-order chi connectivity index (χ0) is 12.2. The first kappa shape index (κ1) is 14.4. The maximum Gasteiger partial charge on any atom is 0.0598 e. The van der Waals surface area contributed by atoms with Crippen LogP contribution in [-0.2, 0) is 0 Å².